The normalized spacial score (nSPS) is 32.0. The molecule has 204 valence electrons. The van der Waals surface area contributed by atoms with Gasteiger partial charge in [0.25, 0.3) is 0 Å². The van der Waals surface area contributed by atoms with Gasteiger partial charge in [0.1, 0.15) is 6.10 Å². The van der Waals surface area contributed by atoms with Gasteiger partial charge in [0.2, 0.25) is 0 Å². The van der Waals surface area contributed by atoms with E-state index in [0.717, 1.165) is 56.9 Å². The molecule has 0 amide bonds. The topological polar surface area (TPSA) is 54.0 Å². The maximum absolute atomic E-state index is 11.4. The zero-order valence-electron chi connectivity index (χ0n) is 24.2. The molecule has 2 rings (SSSR count). The van der Waals surface area contributed by atoms with Crippen molar-refractivity contribution in [2.24, 2.45) is 5.92 Å². The molecule has 2 aliphatic heterocycles. The number of carbonyl (C=O) groups excluding carboxylic acids is 1. The molecule has 0 saturated carbocycles. The zero-order chi connectivity index (χ0) is 27.2. The molecular formula is C30H50O5Si. The molecule has 0 aromatic carbocycles. The molecule has 0 radical (unpaired) electrons. The van der Waals surface area contributed by atoms with Crippen molar-refractivity contribution >= 4 is 14.3 Å². The van der Waals surface area contributed by atoms with E-state index in [1.807, 2.05) is 6.92 Å². The highest BCUT2D eigenvalue weighted by Crippen LogP contribution is 2.50. The standard InChI is InChI=1S/C30H50O5Si/c1-11-13-19-29(35-36(9,10)28(5,6)7)21-22-30(34-26(29)12-2)20-18-24(4)25(33-30)16-14-23(3)15-17-27(31)32-8/h2,14-15,17,24-26H,11,13,16,18-22H2,1,3-10H3/b17-15+,23-14+/t24?,25-,26+,29-,30+/m1/s1. The molecule has 0 aromatic heterocycles. The van der Waals surface area contributed by atoms with Gasteiger partial charge >= 0.3 is 5.97 Å². The van der Waals surface area contributed by atoms with Crippen molar-refractivity contribution in [3.8, 4) is 12.3 Å². The highest BCUT2D eigenvalue weighted by molar-refractivity contribution is 6.74. The van der Waals surface area contributed by atoms with E-state index in [1.165, 1.54) is 13.2 Å². The second-order valence-electron chi connectivity index (χ2n) is 12.3. The van der Waals surface area contributed by atoms with Crippen LogP contribution in [0.15, 0.2) is 23.8 Å². The molecule has 1 spiro atoms. The SMILES string of the molecule is C#C[C@@H]1O[C@@]2(CCC(C)[C@@H](C/C=C(C)/C=C/C(=O)OC)O2)CC[C@@]1(CCCC)O[Si](C)(C)C(C)(C)C. The number of carbonyl (C=O) groups is 1. The number of ether oxygens (including phenoxy) is 3. The fourth-order valence-electron chi connectivity index (χ4n) is 4.92. The van der Waals surface area contributed by atoms with Crippen LogP contribution in [-0.2, 0) is 23.4 Å². The van der Waals surface area contributed by atoms with Crippen molar-refractivity contribution < 1.29 is 23.4 Å². The Morgan fingerprint density at radius 3 is 2.47 bits per heavy atom. The van der Waals surface area contributed by atoms with Gasteiger partial charge in [0, 0.05) is 18.9 Å². The minimum atomic E-state index is -2.07. The van der Waals surface area contributed by atoms with E-state index >= 15 is 0 Å². The molecule has 0 aliphatic carbocycles. The van der Waals surface area contributed by atoms with Gasteiger partial charge in [-0.05, 0) is 56.7 Å². The van der Waals surface area contributed by atoms with Gasteiger partial charge in [-0.1, -0.05) is 71.1 Å². The lowest BCUT2D eigenvalue weighted by atomic mass is 9.79. The first-order valence-electron chi connectivity index (χ1n) is 13.7. The molecule has 2 heterocycles. The minimum absolute atomic E-state index is 0.0307. The molecule has 2 saturated heterocycles. The smallest absolute Gasteiger partial charge is 0.330 e. The maximum atomic E-state index is 11.4. The summed E-state index contributed by atoms with van der Waals surface area (Å²) < 4.78 is 25.3. The average molecular weight is 519 g/mol. The van der Waals surface area contributed by atoms with Crippen LogP contribution in [0.3, 0.4) is 0 Å². The van der Waals surface area contributed by atoms with Crippen molar-refractivity contribution in [3.05, 3.63) is 23.8 Å². The van der Waals surface area contributed by atoms with Crippen LogP contribution in [0.4, 0.5) is 0 Å². The molecular weight excluding hydrogens is 468 g/mol. The van der Waals surface area contributed by atoms with Gasteiger partial charge in [-0.3, -0.25) is 0 Å². The Morgan fingerprint density at radius 1 is 1.19 bits per heavy atom. The molecule has 6 heteroatoms. The van der Waals surface area contributed by atoms with Crippen molar-refractivity contribution in [2.45, 2.75) is 135 Å². The molecule has 0 aromatic rings. The quantitative estimate of drug-likeness (QED) is 0.105. The van der Waals surface area contributed by atoms with Gasteiger partial charge in [0.15, 0.2) is 14.1 Å². The highest BCUT2D eigenvalue weighted by Gasteiger charge is 2.56. The molecule has 5 atom stereocenters. The van der Waals surface area contributed by atoms with Crippen molar-refractivity contribution in [1.82, 2.24) is 0 Å². The van der Waals surface area contributed by atoms with Crippen molar-refractivity contribution in [1.29, 1.82) is 0 Å². The lowest BCUT2D eigenvalue weighted by Crippen LogP contribution is -2.62. The molecule has 1 unspecified atom stereocenters. The summed E-state index contributed by atoms with van der Waals surface area (Å²) in [6, 6.07) is 0. The van der Waals surface area contributed by atoms with Crippen LogP contribution in [0.5, 0.6) is 0 Å². The molecule has 36 heavy (non-hydrogen) atoms. The molecule has 2 aliphatic rings. The van der Waals surface area contributed by atoms with E-state index in [1.54, 1.807) is 6.08 Å². The van der Waals surface area contributed by atoms with E-state index in [0.29, 0.717) is 5.92 Å². The third-order valence-corrected chi connectivity index (χ3v) is 13.0. The summed E-state index contributed by atoms with van der Waals surface area (Å²) in [6.07, 6.45) is 18.4. The summed E-state index contributed by atoms with van der Waals surface area (Å²) in [5, 5.41) is 0.0921. The Balaban J connectivity index is 2.23. The second kappa shape index (κ2) is 12.4. The van der Waals surface area contributed by atoms with E-state index in [-0.39, 0.29) is 17.1 Å². The Bertz CT molecular complexity index is 848. The maximum Gasteiger partial charge on any atom is 0.330 e. The van der Waals surface area contributed by atoms with Gasteiger partial charge < -0.3 is 18.6 Å². The summed E-state index contributed by atoms with van der Waals surface area (Å²) in [5.74, 6) is 2.38. The third-order valence-electron chi connectivity index (χ3n) is 8.45. The molecule has 5 nitrogen and oxygen atoms in total. The Hall–Kier alpha value is -1.39. The van der Waals surface area contributed by atoms with Gasteiger partial charge in [0.05, 0.1) is 18.8 Å². The third kappa shape index (κ3) is 7.57. The number of methoxy groups -OCH3 is 1. The fraction of sp³-hybridized carbons (Fsp3) is 0.767. The molecule has 0 N–H and O–H groups in total. The Morgan fingerprint density at radius 2 is 1.89 bits per heavy atom. The number of terminal acetylenes is 1. The summed E-state index contributed by atoms with van der Waals surface area (Å²) in [4.78, 5) is 11.4. The first kappa shape index (κ1) is 30.8. The zero-order valence-corrected chi connectivity index (χ0v) is 25.2. The Kier molecular flexibility index (Phi) is 10.6. The van der Waals surface area contributed by atoms with Gasteiger partial charge in [-0.2, -0.15) is 0 Å². The molecule has 0 bridgehead atoms. The number of hydrogen-bond donors (Lipinski definition) is 0. The predicted molar refractivity (Wildman–Crippen MR) is 149 cm³/mol. The fourth-order valence-corrected chi connectivity index (χ4v) is 6.56. The largest absolute Gasteiger partial charge is 0.466 e. The van der Waals surface area contributed by atoms with E-state index in [9.17, 15) is 4.79 Å². The van der Waals surface area contributed by atoms with Crippen LogP contribution >= 0.6 is 0 Å². The Labute approximate surface area is 221 Å². The summed E-state index contributed by atoms with van der Waals surface area (Å²) in [7, 11) is -0.686. The van der Waals surface area contributed by atoms with Crippen molar-refractivity contribution in [2.75, 3.05) is 7.11 Å². The highest BCUT2D eigenvalue weighted by atomic mass is 28.4. The lowest BCUT2D eigenvalue weighted by molar-refractivity contribution is -0.340. The number of rotatable bonds is 9. The van der Waals surface area contributed by atoms with Crippen LogP contribution < -0.4 is 0 Å². The minimum Gasteiger partial charge on any atom is -0.466 e. The van der Waals surface area contributed by atoms with Crippen LogP contribution in [0.25, 0.3) is 0 Å². The number of unbranched alkanes of at least 4 members (excludes halogenated alkanes) is 1. The van der Waals surface area contributed by atoms with E-state index in [4.69, 9.17) is 20.3 Å². The second-order valence-corrected chi connectivity index (χ2v) is 17.0. The molecule has 2 fully saturated rings. The van der Waals surface area contributed by atoms with Gasteiger partial charge in [-0.25, -0.2) is 4.79 Å². The summed E-state index contributed by atoms with van der Waals surface area (Å²) >= 11 is 0. The predicted octanol–water partition coefficient (Wildman–Crippen LogP) is 7.33. The van der Waals surface area contributed by atoms with Gasteiger partial charge in [-0.15, -0.1) is 6.42 Å². The number of allylic oxidation sites excluding steroid dienone is 2. The van der Waals surface area contributed by atoms with E-state index in [2.05, 4.69) is 64.4 Å². The van der Waals surface area contributed by atoms with E-state index < -0.39 is 25.8 Å². The average Bonchev–Trinajstić information content (AvgIpc) is 2.82. The monoisotopic (exact) mass is 518 g/mol. The summed E-state index contributed by atoms with van der Waals surface area (Å²) in [5.41, 5.74) is 0.541. The number of esters is 1. The van der Waals surface area contributed by atoms with Crippen LogP contribution in [0.2, 0.25) is 18.1 Å². The van der Waals surface area contributed by atoms with Crippen molar-refractivity contribution in [3.63, 3.8) is 0 Å². The summed E-state index contributed by atoms with van der Waals surface area (Å²) in [6.45, 7) is 17.8. The first-order chi connectivity index (χ1) is 16.7. The van der Waals surface area contributed by atoms with Crippen LogP contribution in [-0.4, -0.2) is 45.0 Å². The first-order valence-corrected chi connectivity index (χ1v) is 16.6. The van der Waals surface area contributed by atoms with Crippen LogP contribution in [0.1, 0.15) is 92.9 Å². The lowest BCUT2D eigenvalue weighted by Gasteiger charge is -2.55. The number of hydrogen-bond acceptors (Lipinski definition) is 5. The van der Waals surface area contributed by atoms with Crippen LogP contribution in [0, 0.1) is 18.3 Å².